The molecule has 0 bridgehead atoms. The van der Waals surface area contributed by atoms with Gasteiger partial charge in [0.2, 0.25) is 5.78 Å². The fourth-order valence-electron chi connectivity index (χ4n) is 9.38. The number of para-hydroxylation sites is 6. The molecule has 5 heterocycles. The van der Waals surface area contributed by atoms with Crippen LogP contribution < -0.4 is 10.4 Å². The second kappa shape index (κ2) is 11.3. The third-order valence-corrected chi connectivity index (χ3v) is 14.9. The van der Waals surface area contributed by atoms with Crippen molar-refractivity contribution in [3.8, 4) is 11.4 Å². The first-order valence-electron chi connectivity index (χ1n) is 19.4. The topological polar surface area (TPSA) is 53.4 Å². The summed E-state index contributed by atoms with van der Waals surface area (Å²) in [6.07, 6.45) is 0. The minimum absolute atomic E-state index is 0.881. The first kappa shape index (κ1) is 30.9. The van der Waals surface area contributed by atoms with Crippen molar-refractivity contribution in [2.24, 2.45) is 0 Å². The molecule has 57 heavy (non-hydrogen) atoms. The summed E-state index contributed by atoms with van der Waals surface area (Å²) >= 11 is 0. The van der Waals surface area contributed by atoms with Crippen LogP contribution in [0.4, 0.5) is 0 Å². The maximum absolute atomic E-state index is 6.45. The van der Waals surface area contributed by atoms with E-state index in [-0.39, 0.29) is 0 Å². The number of benzene rings is 8. The van der Waals surface area contributed by atoms with Crippen LogP contribution in [0, 0.1) is 0 Å². The SMILES string of the molecule is C[SiH](c1ccc2oc3ccc(-n4c5ccccc5c5ccccc54)cc3c2c1)c1ccc2oc3ccc(-n4c5ccccc5n5c6ccccc6nc45)cc3c2c1. The van der Waals surface area contributed by atoms with Crippen molar-refractivity contribution in [1.82, 2.24) is 18.5 Å². The van der Waals surface area contributed by atoms with Gasteiger partial charge in [0.25, 0.3) is 0 Å². The molecule has 5 aromatic heterocycles. The molecule has 0 amide bonds. The predicted octanol–water partition coefficient (Wildman–Crippen LogP) is 11.3. The van der Waals surface area contributed by atoms with E-state index in [1.54, 1.807) is 0 Å². The van der Waals surface area contributed by atoms with Crippen LogP contribution in [0.5, 0.6) is 0 Å². The summed E-state index contributed by atoms with van der Waals surface area (Å²) in [6.45, 7) is 2.42. The Morgan fingerprint density at radius 2 is 0.860 bits per heavy atom. The number of furan rings is 2. The van der Waals surface area contributed by atoms with E-state index in [2.05, 4.69) is 184 Å². The molecular weight excluding hydrogens is 717 g/mol. The van der Waals surface area contributed by atoms with E-state index in [1.807, 2.05) is 6.07 Å². The lowest BCUT2D eigenvalue weighted by atomic mass is 10.1. The van der Waals surface area contributed by atoms with Crippen LogP contribution >= 0.6 is 0 Å². The first-order valence-corrected chi connectivity index (χ1v) is 21.8. The lowest BCUT2D eigenvalue weighted by molar-refractivity contribution is 0.668. The molecule has 0 N–H and O–H groups in total. The van der Waals surface area contributed by atoms with Crippen molar-refractivity contribution in [3.63, 3.8) is 0 Å². The fraction of sp³-hybridized carbons (Fsp3) is 0.0200. The van der Waals surface area contributed by atoms with Gasteiger partial charge in [-0.05, 0) is 84.9 Å². The zero-order valence-corrected chi connectivity index (χ0v) is 32.0. The Balaban J connectivity index is 0.929. The molecule has 1 atom stereocenters. The summed E-state index contributed by atoms with van der Waals surface area (Å²) in [5.41, 5.74) is 12.5. The van der Waals surface area contributed by atoms with Gasteiger partial charge in [0.05, 0.1) is 47.6 Å². The molecule has 13 aromatic rings. The molecule has 7 heteroatoms. The molecule has 1 unspecified atom stereocenters. The Morgan fingerprint density at radius 3 is 1.46 bits per heavy atom. The Labute approximate surface area is 326 Å². The van der Waals surface area contributed by atoms with E-state index in [1.165, 1.54) is 32.2 Å². The van der Waals surface area contributed by atoms with Crippen LogP contribution in [-0.4, -0.2) is 27.3 Å². The van der Waals surface area contributed by atoms with Gasteiger partial charge in [-0.25, -0.2) is 4.98 Å². The second-order valence-corrected chi connectivity index (χ2v) is 18.0. The monoisotopic (exact) mass is 748 g/mol. The van der Waals surface area contributed by atoms with E-state index < -0.39 is 8.80 Å². The lowest BCUT2D eigenvalue weighted by Gasteiger charge is -2.11. The smallest absolute Gasteiger partial charge is 0.220 e. The number of imidazole rings is 2. The highest BCUT2D eigenvalue weighted by molar-refractivity contribution is 6.84. The number of hydrogen-bond donors (Lipinski definition) is 0. The van der Waals surface area contributed by atoms with Gasteiger partial charge < -0.3 is 13.4 Å². The van der Waals surface area contributed by atoms with Gasteiger partial charge in [0.1, 0.15) is 22.3 Å². The molecule has 0 aliphatic rings. The third-order valence-electron chi connectivity index (χ3n) is 12.2. The number of aromatic nitrogens is 4. The number of rotatable bonds is 4. The Bertz CT molecular complexity index is 3750. The zero-order chi connectivity index (χ0) is 37.4. The van der Waals surface area contributed by atoms with E-state index in [4.69, 9.17) is 13.8 Å². The van der Waals surface area contributed by atoms with Crippen molar-refractivity contribution in [2.45, 2.75) is 6.55 Å². The average molecular weight is 749 g/mol. The van der Waals surface area contributed by atoms with Crippen molar-refractivity contribution in [1.29, 1.82) is 0 Å². The minimum atomic E-state index is -1.63. The van der Waals surface area contributed by atoms with Crippen LogP contribution in [0.1, 0.15) is 0 Å². The molecule has 0 radical (unpaired) electrons. The summed E-state index contributed by atoms with van der Waals surface area (Å²) in [4.78, 5) is 5.11. The number of hydrogen-bond acceptors (Lipinski definition) is 3. The van der Waals surface area contributed by atoms with Gasteiger partial charge in [-0.1, -0.05) is 102 Å². The normalized spacial score (nSPS) is 12.9. The van der Waals surface area contributed by atoms with Crippen molar-refractivity contribution < 1.29 is 8.83 Å². The summed E-state index contributed by atoms with van der Waals surface area (Å²) in [6, 6.07) is 60.9. The van der Waals surface area contributed by atoms with Gasteiger partial charge in [-0.15, -0.1) is 0 Å². The van der Waals surface area contributed by atoms with Crippen LogP contribution in [0.25, 0.3) is 105 Å². The molecule has 6 nitrogen and oxygen atoms in total. The van der Waals surface area contributed by atoms with Crippen molar-refractivity contribution in [3.05, 3.63) is 170 Å². The number of fused-ring (bicyclic) bond motifs is 14. The quantitative estimate of drug-likeness (QED) is 0.168. The summed E-state index contributed by atoms with van der Waals surface area (Å²) < 4.78 is 19.8. The summed E-state index contributed by atoms with van der Waals surface area (Å²) in [5.74, 6) is 0.899. The second-order valence-electron chi connectivity index (χ2n) is 15.2. The molecule has 268 valence electrons. The third kappa shape index (κ3) is 4.31. The molecule has 0 saturated heterocycles. The van der Waals surface area contributed by atoms with E-state index in [0.29, 0.717) is 0 Å². The predicted molar refractivity (Wildman–Crippen MR) is 237 cm³/mol. The van der Waals surface area contributed by atoms with Gasteiger partial charge in [-0.2, -0.15) is 0 Å². The fourth-order valence-corrected chi connectivity index (χ4v) is 11.4. The highest BCUT2D eigenvalue weighted by atomic mass is 28.3. The summed E-state index contributed by atoms with van der Waals surface area (Å²) in [5, 5.41) is 9.77. The molecule has 0 fully saturated rings. The van der Waals surface area contributed by atoms with E-state index in [9.17, 15) is 0 Å². The molecular formula is C50H32N4O2Si. The Kier molecular flexibility index (Phi) is 6.16. The molecule has 0 saturated carbocycles. The molecule has 8 aromatic carbocycles. The average Bonchev–Trinajstić information content (AvgIpc) is 4.06. The van der Waals surface area contributed by atoms with Crippen LogP contribution in [0.3, 0.4) is 0 Å². The molecule has 0 aliphatic carbocycles. The van der Waals surface area contributed by atoms with Gasteiger partial charge >= 0.3 is 0 Å². The zero-order valence-electron chi connectivity index (χ0n) is 30.8. The molecule has 0 spiro atoms. The highest BCUT2D eigenvalue weighted by Crippen LogP contribution is 2.37. The maximum Gasteiger partial charge on any atom is 0.220 e. The van der Waals surface area contributed by atoms with Gasteiger partial charge in [0.15, 0.2) is 0 Å². The van der Waals surface area contributed by atoms with E-state index >= 15 is 0 Å². The largest absolute Gasteiger partial charge is 0.456 e. The first-order chi connectivity index (χ1) is 28.2. The molecule has 0 aliphatic heterocycles. The van der Waals surface area contributed by atoms with Gasteiger partial charge in [0, 0.05) is 38.0 Å². The molecule has 13 rings (SSSR count). The van der Waals surface area contributed by atoms with Crippen LogP contribution in [-0.2, 0) is 0 Å². The van der Waals surface area contributed by atoms with Crippen molar-refractivity contribution in [2.75, 3.05) is 0 Å². The Morgan fingerprint density at radius 1 is 0.404 bits per heavy atom. The number of nitrogens with zero attached hydrogens (tertiary/aromatic N) is 4. The van der Waals surface area contributed by atoms with E-state index in [0.717, 1.165) is 83.1 Å². The van der Waals surface area contributed by atoms with Crippen LogP contribution in [0.15, 0.2) is 179 Å². The lowest BCUT2D eigenvalue weighted by Crippen LogP contribution is -2.38. The Hall–Kier alpha value is -7.35. The standard InChI is InChI=1S/C50H32N4O2Si/c1-57(32-20-24-48-38(28-32)36-26-30(18-22-46(36)55-48)52-41-13-5-2-10-34(41)35-11-3-6-14-42(35)52)33-21-25-49-39(29-33)37-27-31(19-23-47(37)56-49)53-44-16-8-9-17-45(44)54-43-15-7-4-12-40(43)51-50(53)54/h2-29,57H,1H3. The van der Waals surface area contributed by atoms with Gasteiger partial charge in [-0.3, -0.25) is 8.97 Å². The summed E-state index contributed by atoms with van der Waals surface area (Å²) in [7, 11) is -1.63. The maximum atomic E-state index is 6.45. The highest BCUT2D eigenvalue weighted by Gasteiger charge is 2.20. The van der Waals surface area contributed by atoms with Crippen molar-refractivity contribution >= 4 is 113 Å². The minimum Gasteiger partial charge on any atom is -0.456 e. The van der Waals surface area contributed by atoms with Crippen LogP contribution in [0.2, 0.25) is 6.55 Å².